The predicted molar refractivity (Wildman–Crippen MR) is 74.1 cm³/mol. The van der Waals surface area contributed by atoms with Gasteiger partial charge in [-0.1, -0.05) is 6.07 Å². The van der Waals surface area contributed by atoms with E-state index in [0.29, 0.717) is 5.69 Å². The first kappa shape index (κ1) is 13.4. The highest BCUT2D eigenvalue weighted by atomic mass is 79.9. The van der Waals surface area contributed by atoms with Crippen LogP contribution in [0, 0.1) is 0 Å². The quantitative estimate of drug-likeness (QED) is 0.845. The number of nitrogen functional groups attached to an aromatic ring is 1. The lowest BCUT2D eigenvalue weighted by atomic mass is 10.2. The Morgan fingerprint density at radius 1 is 1.37 bits per heavy atom. The van der Waals surface area contributed by atoms with Crippen LogP contribution in [-0.2, 0) is 6.61 Å². The third-order valence-electron chi connectivity index (χ3n) is 2.43. The van der Waals surface area contributed by atoms with E-state index in [1.807, 2.05) is 6.07 Å². The fourth-order valence-corrected chi connectivity index (χ4v) is 1.76. The lowest BCUT2D eigenvalue weighted by Gasteiger charge is -2.11. The van der Waals surface area contributed by atoms with Crippen molar-refractivity contribution in [2.75, 3.05) is 5.73 Å². The Bertz CT molecular complexity index is 599. The summed E-state index contributed by atoms with van der Waals surface area (Å²) in [5.74, 6) is -0.911. The number of halogens is 1. The van der Waals surface area contributed by atoms with E-state index in [4.69, 9.17) is 15.6 Å². The van der Waals surface area contributed by atoms with Crippen molar-refractivity contribution in [1.29, 1.82) is 0 Å². The van der Waals surface area contributed by atoms with E-state index in [0.717, 1.165) is 4.47 Å². The van der Waals surface area contributed by atoms with Crippen LogP contribution in [0.1, 0.15) is 16.1 Å². The number of carboxylic acid groups (broad SMARTS) is 1. The van der Waals surface area contributed by atoms with Crippen molar-refractivity contribution < 1.29 is 14.6 Å². The largest absolute Gasteiger partial charge is 0.484 e. The standard InChI is InChI=1S/C13H11BrN2O3/c14-8-4-5-9(16-6-8)7-19-12-10(13(17)18)2-1-3-11(12)15/h1-6H,7,15H2,(H,17,18). The molecule has 2 rings (SSSR count). The van der Waals surface area contributed by atoms with E-state index in [2.05, 4.69) is 20.9 Å². The van der Waals surface area contributed by atoms with Gasteiger partial charge < -0.3 is 15.6 Å². The molecule has 2 aromatic rings. The number of nitrogens with two attached hydrogens (primary N) is 1. The summed E-state index contributed by atoms with van der Waals surface area (Å²) in [6, 6.07) is 8.23. The van der Waals surface area contributed by atoms with Gasteiger partial charge in [0.05, 0.1) is 11.4 Å². The van der Waals surface area contributed by atoms with Gasteiger partial charge in [-0.25, -0.2) is 4.79 Å². The van der Waals surface area contributed by atoms with Crippen LogP contribution in [-0.4, -0.2) is 16.1 Å². The molecule has 0 aliphatic rings. The number of carboxylic acids is 1. The fourth-order valence-electron chi connectivity index (χ4n) is 1.52. The minimum atomic E-state index is -1.08. The monoisotopic (exact) mass is 322 g/mol. The maximum Gasteiger partial charge on any atom is 0.339 e. The molecular formula is C13H11BrN2O3. The van der Waals surface area contributed by atoms with Crippen LogP contribution < -0.4 is 10.5 Å². The minimum absolute atomic E-state index is 0.0390. The second-order valence-corrected chi connectivity index (χ2v) is 4.70. The highest BCUT2D eigenvalue weighted by Crippen LogP contribution is 2.27. The van der Waals surface area contributed by atoms with Gasteiger partial charge in [-0.2, -0.15) is 0 Å². The molecule has 5 nitrogen and oxygen atoms in total. The molecule has 0 saturated carbocycles. The summed E-state index contributed by atoms with van der Waals surface area (Å²) in [6.45, 7) is 0.155. The Kier molecular flexibility index (Phi) is 4.01. The molecule has 0 radical (unpaired) electrons. The molecule has 1 heterocycles. The summed E-state index contributed by atoms with van der Waals surface area (Å²) in [4.78, 5) is 15.2. The van der Waals surface area contributed by atoms with E-state index >= 15 is 0 Å². The van der Waals surface area contributed by atoms with Crippen molar-refractivity contribution in [3.8, 4) is 5.75 Å². The maximum absolute atomic E-state index is 11.1. The molecular weight excluding hydrogens is 312 g/mol. The molecule has 6 heteroatoms. The molecule has 0 spiro atoms. The normalized spacial score (nSPS) is 10.2. The molecule has 0 bridgehead atoms. The van der Waals surface area contributed by atoms with Crippen molar-refractivity contribution in [2.45, 2.75) is 6.61 Å². The van der Waals surface area contributed by atoms with Gasteiger partial charge in [0.1, 0.15) is 12.2 Å². The number of nitrogens with zero attached hydrogens (tertiary/aromatic N) is 1. The molecule has 0 fully saturated rings. The second kappa shape index (κ2) is 5.71. The molecule has 0 amide bonds. The summed E-state index contributed by atoms with van der Waals surface area (Å²) in [5, 5.41) is 9.07. The minimum Gasteiger partial charge on any atom is -0.484 e. The first-order chi connectivity index (χ1) is 9.08. The van der Waals surface area contributed by atoms with Gasteiger partial charge in [0, 0.05) is 10.7 Å². The van der Waals surface area contributed by atoms with Gasteiger partial charge in [0.2, 0.25) is 0 Å². The zero-order chi connectivity index (χ0) is 13.8. The Labute approximate surface area is 118 Å². The van der Waals surface area contributed by atoms with Gasteiger partial charge in [-0.05, 0) is 40.2 Å². The first-order valence-electron chi connectivity index (χ1n) is 5.43. The molecule has 0 aliphatic carbocycles. The van der Waals surface area contributed by atoms with Crippen molar-refractivity contribution >= 4 is 27.6 Å². The molecule has 19 heavy (non-hydrogen) atoms. The van der Waals surface area contributed by atoms with Crippen molar-refractivity contribution in [2.24, 2.45) is 0 Å². The summed E-state index contributed by atoms with van der Waals surface area (Å²) in [6.07, 6.45) is 1.64. The second-order valence-electron chi connectivity index (χ2n) is 3.79. The molecule has 0 atom stereocenters. The number of pyridine rings is 1. The number of aromatic carboxylic acids is 1. The van der Waals surface area contributed by atoms with Gasteiger partial charge in [0.15, 0.2) is 5.75 Å². The van der Waals surface area contributed by atoms with E-state index in [1.54, 1.807) is 24.4 Å². The predicted octanol–water partition coefficient (Wildman–Crippen LogP) is 2.70. The van der Waals surface area contributed by atoms with Gasteiger partial charge in [0.25, 0.3) is 0 Å². The number of carbonyl (C=O) groups is 1. The SMILES string of the molecule is Nc1cccc(C(=O)O)c1OCc1ccc(Br)cn1. The average Bonchev–Trinajstić information content (AvgIpc) is 2.39. The molecule has 0 saturated heterocycles. The van der Waals surface area contributed by atoms with Gasteiger partial charge >= 0.3 is 5.97 Å². The van der Waals surface area contributed by atoms with Crippen LogP contribution in [0.25, 0.3) is 0 Å². The van der Waals surface area contributed by atoms with Gasteiger partial charge in [-0.3, -0.25) is 4.98 Å². The Balaban J connectivity index is 2.19. The molecule has 1 aromatic heterocycles. The number of rotatable bonds is 4. The van der Waals surface area contributed by atoms with E-state index in [9.17, 15) is 4.79 Å². The number of anilines is 1. The Hall–Kier alpha value is -2.08. The van der Waals surface area contributed by atoms with Crippen molar-refractivity contribution in [1.82, 2.24) is 4.98 Å². The highest BCUT2D eigenvalue weighted by molar-refractivity contribution is 9.10. The van der Waals surface area contributed by atoms with Crippen LogP contribution in [0.5, 0.6) is 5.75 Å². The zero-order valence-electron chi connectivity index (χ0n) is 9.84. The maximum atomic E-state index is 11.1. The number of ether oxygens (including phenoxy) is 1. The topological polar surface area (TPSA) is 85.4 Å². The fraction of sp³-hybridized carbons (Fsp3) is 0.0769. The summed E-state index contributed by atoms with van der Waals surface area (Å²) < 4.78 is 6.33. The summed E-state index contributed by atoms with van der Waals surface area (Å²) in [7, 11) is 0. The molecule has 0 aliphatic heterocycles. The van der Waals surface area contributed by atoms with E-state index in [1.165, 1.54) is 6.07 Å². The van der Waals surface area contributed by atoms with Gasteiger partial charge in [-0.15, -0.1) is 0 Å². The van der Waals surface area contributed by atoms with Crippen LogP contribution in [0.3, 0.4) is 0 Å². The molecule has 98 valence electrons. The van der Waals surface area contributed by atoms with Crippen LogP contribution >= 0.6 is 15.9 Å². The lowest BCUT2D eigenvalue weighted by Crippen LogP contribution is -2.06. The number of benzene rings is 1. The number of hydrogen-bond acceptors (Lipinski definition) is 4. The first-order valence-corrected chi connectivity index (χ1v) is 6.22. The zero-order valence-corrected chi connectivity index (χ0v) is 11.4. The van der Waals surface area contributed by atoms with E-state index < -0.39 is 5.97 Å². The lowest BCUT2D eigenvalue weighted by molar-refractivity contribution is 0.0692. The average molecular weight is 323 g/mol. The highest BCUT2D eigenvalue weighted by Gasteiger charge is 2.14. The Morgan fingerprint density at radius 3 is 2.79 bits per heavy atom. The molecule has 1 aromatic carbocycles. The van der Waals surface area contributed by atoms with Crippen molar-refractivity contribution in [3.05, 3.63) is 52.3 Å². The third-order valence-corrected chi connectivity index (χ3v) is 2.90. The Morgan fingerprint density at radius 2 is 2.16 bits per heavy atom. The third kappa shape index (κ3) is 3.23. The molecule has 3 N–H and O–H groups in total. The van der Waals surface area contributed by atoms with Crippen LogP contribution in [0.2, 0.25) is 0 Å². The smallest absolute Gasteiger partial charge is 0.339 e. The number of para-hydroxylation sites is 1. The molecule has 0 unspecified atom stereocenters. The summed E-state index contributed by atoms with van der Waals surface area (Å²) in [5.41, 5.74) is 6.74. The van der Waals surface area contributed by atoms with Crippen LogP contribution in [0.15, 0.2) is 41.0 Å². The van der Waals surface area contributed by atoms with Crippen LogP contribution in [0.4, 0.5) is 5.69 Å². The summed E-state index contributed by atoms with van der Waals surface area (Å²) >= 11 is 3.28. The number of aromatic nitrogens is 1. The number of hydrogen-bond donors (Lipinski definition) is 2. The van der Waals surface area contributed by atoms with E-state index in [-0.39, 0.29) is 23.6 Å². The van der Waals surface area contributed by atoms with Crippen molar-refractivity contribution in [3.63, 3.8) is 0 Å².